The molecule has 2 aliphatic rings. The van der Waals surface area contributed by atoms with Gasteiger partial charge in [-0.25, -0.2) is 4.40 Å². The zero-order valence-corrected chi connectivity index (χ0v) is 16.5. The first kappa shape index (κ1) is 18.7. The lowest BCUT2D eigenvalue weighted by Gasteiger charge is -2.31. The van der Waals surface area contributed by atoms with Gasteiger partial charge in [0.2, 0.25) is 0 Å². The van der Waals surface area contributed by atoms with Gasteiger partial charge in [-0.3, -0.25) is 4.90 Å². The lowest BCUT2D eigenvalue weighted by molar-refractivity contribution is 0.278. The highest BCUT2D eigenvalue weighted by Crippen LogP contribution is 2.16. The van der Waals surface area contributed by atoms with E-state index in [9.17, 15) is 0 Å². The van der Waals surface area contributed by atoms with E-state index < -0.39 is 0 Å². The molecule has 0 amide bonds. The maximum atomic E-state index is 5.04. The standard InChI is InChI=1S/C7H5NS.C5H10N2S2.C3H5NS/c1-2-4-7-6(3-1)5-8-9-7;1-6-3-7(2)5(8)9-4-6;1-2-4-5-3-1/h1-5H;3-4H2,1-2H3;2H,1,3H2. The topological polar surface area (TPSA) is 31.7 Å². The molecule has 124 valence electrons. The van der Waals surface area contributed by atoms with Crippen LogP contribution in [0.4, 0.5) is 0 Å². The van der Waals surface area contributed by atoms with E-state index in [1.807, 2.05) is 31.6 Å². The van der Waals surface area contributed by atoms with Gasteiger partial charge in [-0.1, -0.05) is 42.2 Å². The predicted molar refractivity (Wildman–Crippen MR) is 111 cm³/mol. The van der Waals surface area contributed by atoms with Crippen LogP contribution in [0.25, 0.3) is 10.1 Å². The van der Waals surface area contributed by atoms with Crippen molar-refractivity contribution in [1.29, 1.82) is 0 Å². The molecule has 0 atom stereocenters. The summed E-state index contributed by atoms with van der Waals surface area (Å²) in [5.74, 6) is 2.23. The molecule has 0 aliphatic carbocycles. The maximum absolute atomic E-state index is 5.04. The van der Waals surface area contributed by atoms with Gasteiger partial charge in [0.25, 0.3) is 0 Å². The molecule has 0 bridgehead atoms. The Labute approximate surface area is 155 Å². The molecule has 1 saturated heterocycles. The number of benzene rings is 1. The summed E-state index contributed by atoms with van der Waals surface area (Å²) in [7, 11) is 4.11. The fourth-order valence-electron chi connectivity index (χ4n) is 1.81. The van der Waals surface area contributed by atoms with Gasteiger partial charge >= 0.3 is 0 Å². The summed E-state index contributed by atoms with van der Waals surface area (Å²) in [6, 6.07) is 8.20. The Kier molecular flexibility index (Phi) is 8.32. The number of aromatic nitrogens is 1. The molecule has 4 rings (SSSR count). The smallest absolute Gasteiger partial charge is 0.138 e. The molecule has 0 radical (unpaired) electrons. The van der Waals surface area contributed by atoms with Crippen LogP contribution in [0.5, 0.6) is 0 Å². The molecule has 0 unspecified atom stereocenters. The molecule has 2 aromatic rings. The Morgan fingerprint density at radius 3 is 2.61 bits per heavy atom. The number of thiocarbonyl (C=S) groups is 1. The summed E-state index contributed by atoms with van der Waals surface area (Å²) in [4.78, 5) is 4.30. The molecule has 1 fully saturated rings. The van der Waals surface area contributed by atoms with E-state index >= 15 is 0 Å². The first-order valence-electron chi connectivity index (χ1n) is 7.16. The Morgan fingerprint density at radius 1 is 1.22 bits per heavy atom. The van der Waals surface area contributed by atoms with Crippen LogP contribution >= 0.6 is 47.5 Å². The Morgan fingerprint density at radius 2 is 2.04 bits per heavy atom. The average Bonchev–Trinajstić information content (AvgIpc) is 3.25. The first-order valence-corrected chi connectivity index (χ1v) is 10.3. The lowest BCUT2D eigenvalue weighted by atomic mass is 10.3. The van der Waals surface area contributed by atoms with Gasteiger partial charge in [-0.05, 0) is 43.0 Å². The molecule has 1 aromatic carbocycles. The lowest BCUT2D eigenvalue weighted by Crippen LogP contribution is -2.40. The predicted octanol–water partition coefficient (Wildman–Crippen LogP) is 4.20. The Bertz CT molecular complexity index is 607. The summed E-state index contributed by atoms with van der Waals surface area (Å²) in [6.45, 7) is 0.964. The zero-order chi connectivity index (χ0) is 16.5. The molecule has 8 heteroatoms. The molecule has 0 spiro atoms. The van der Waals surface area contributed by atoms with Crippen molar-refractivity contribution in [3.63, 3.8) is 0 Å². The van der Waals surface area contributed by atoms with E-state index in [2.05, 4.69) is 37.8 Å². The van der Waals surface area contributed by atoms with Gasteiger partial charge in [0, 0.05) is 30.6 Å². The quantitative estimate of drug-likeness (QED) is 0.500. The van der Waals surface area contributed by atoms with Gasteiger partial charge in [-0.15, -0.1) is 0 Å². The van der Waals surface area contributed by atoms with Gasteiger partial charge in [-0.2, -0.15) is 4.37 Å². The summed E-state index contributed by atoms with van der Waals surface area (Å²) < 4.78 is 10.2. The van der Waals surface area contributed by atoms with Crippen LogP contribution in [-0.2, 0) is 0 Å². The van der Waals surface area contributed by atoms with Crippen LogP contribution in [0.1, 0.15) is 6.42 Å². The summed E-state index contributed by atoms with van der Waals surface area (Å²) >= 11 is 9.94. The van der Waals surface area contributed by atoms with Crippen molar-refractivity contribution in [2.45, 2.75) is 6.42 Å². The summed E-state index contributed by atoms with van der Waals surface area (Å²) in [6.07, 6.45) is 5.01. The second-order valence-corrected chi connectivity index (χ2v) is 8.30. The third kappa shape index (κ3) is 6.76. The van der Waals surface area contributed by atoms with Crippen molar-refractivity contribution in [2.75, 3.05) is 32.4 Å². The van der Waals surface area contributed by atoms with Crippen molar-refractivity contribution in [2.24, 2.45) is 4.40 Å². The molecule has 3 heterocycles. The fraction of sp³-hybridized carbons (Fsp3) is 0.400. The largest absolute Gasteiger partial charge is 0.348 e. The molecule has 2 aliphatic heterocycles. The van der Waals surface area contributed by atoms with E-state index in [0.29, 0.717) is 0 Å². The third-order valence-corrected chi connectivity index (χ3v) is 6.21. The van der Waals surface area contributed by atoms with Crippen LogP contribution in [-0.4, -0.2) is 57.1 Å². The van der Waals surface area contributed by atoms with Crippen LogP contribution in [0, 0.1) is 0 Å². The number of nitrogens with zero attached hydrogens (tertiary/aromatic N) is 4. The second kappa shape index (κ2) is 10.2. The van der Waals surface area contributed by atoms with E-state index in [0.717, 1.165) is 16.9 Å². The van der Waals surface area contributed by atoms with Gasteiger partial charge in [0.1, 0.15) is 4.32 Å². The molecule has 4 nitrogen and oxygen atoms in total. The highest BCUT2D eigenvalue weighted by Gasteiger charge is 2.13. The van der Waals surface area contributed by atoms with Crippen molar-refractivity contribution >= 4 is 68.1 Å². The Balaban J connectivity index is 0.000000131. The monoisotopic (exact) mass is 384 g/mol. The average molecular weight is 385 g/mol. The van der Waals surface area contributed by atoms with Gasteiger partial charge in [0.05, 0.1) is 17.2 Å². The van der Waals surface area contributed by atoms with E-state index in [4.69, 9.17) is 12.2 Å². The zero-order valence-electron chi connectivity index (χ0n) is 13.2. The first-order chi connectivity index (χ1) is 11.2. The second-order valence-electron chi connectivity index (χ2n) is 5.01. The van der Waals surface area contributed by atoms with E-state index in [1.165, 1.54) is 33.8 Å². The van der Waals surface area contributed by atoms with Crippen molar-refractivity contribution in [1.82, 2.24) is 14.2 Å². The number of hydrogen-bond donors (Lipinski definition) is 0. The molecule has 0 saturated carbocycles. The van der Waals surface area contributed by atoms with Crippen molar-refractivity contribution < 1.29 is 0 Å². The number of fused-ring (bicyclic) bond motifs is 1. The summed E-state index contributed by atoms with van der Waals surface area (Å²) in [5, 5.41) is 1.24. The fourth-order valence-corrected chi connectivity index (χ4v) is 3.89. The molecule has 1 aromatic heterocycles. The minimum Gasteiger partial charge on any atom is -0.348 e. The van der Waals surface area contributed by atoms with Crippen LogP contribution in [0.3, 0.4) is 0 Å². The third-order valence-electron chi connectivity index (χ3n) is 2.92. The van der Waals surface area contributed by atoms with Gasteiger partial charge in [0.15, 0.2) is 0 Å². The molecular weight excluding hydrogens is 364 g/mol. The number of thioether (sulfide) groups is 1. The van der Waals surface area contributed by atoms with Gasteiger partial charge < -0.3 is 4.90 Å². The van der Waals surface area contributed by atoms with E-state index in [1.54, 1.807) is 23.7 Å². The molecule has 0 N–H and O–H groups in total. The Hall–Kier alpha value is -0.670. The molecule has 23 heavy (non-hydrogen) atoms. The molecular formula is C15H20N4S4. The summed E-state index contributed by atoms with van der Waals surface area (Å²) in [5.41, 5.74) is 0. The highest BCUT2D eigenvalue weighted by molar-refractivity contribution is 8.22. The van der Waals surface area contributed by atoms with E-state index in [-0.39, 0.29) is 0 Å². The minimum atomic E-state index is 0.964. The van der Waals surface area contributed by atoms with Crippen molar-refractivity contribution in [3.05, 3.63) is 30.5 Å². The SMILES string of the molecule is C1=NSCC1.CN1CSC(=S)N(C)C1.c1ccc2sncc2c1. The minimum absolute atomic E-state index is 0.964. The van der Waals surface area contributed by atoms with Crippen LogP contribution < -0.4 is 0 Å². The van der Waals surface area contributed by atoms with Crippen LogP contribution in [0.2, 0.25) is 0 Å². The van der Waals surface area contributed by atoms with Crippen molar-refractivity contribution in [3.8, 4) is 0 Å². The van der Waals surface area contributed by atoms with Crippen LogP contribution in [0.15, 0.2) is 34.9 Å². The highest BCUT2D eigenvalue weighted by atomic mass is 32.2. The maximum Gasteiger partial charge on any atom is 0.138 e. The normalized spacial score (nSPS) is 17.5. The number of hydrogen-bond acceptors (Lipinski definition) is 7. The number of rotatable bonds is 0.